The zero-order valence-electron chi connectivity index (χ0n) is 13.5. The standard InChI is InChI=1S/C16H17N3O4S/c1-10-4-6-14(22-2)12(8-10)17-16(24)18-13-9-11(19(20)21)5-7-15(13)23-3/h4-9H,1-3H3,(H2,17,18,24). The number of hydrogen-bond acceptors (Lipinski definition) is 5. The number of nitro benzene ring substituents is 1. The highest BCUT2D eigenvalue weighted by molar-refractivity contribution is 7.80. The molecule has 0 bridgehead atoms. The lowest BCUT2D eigenvalue weighted by molar-refractivity contribution is -0.384. The van der Waals surface area contributed by atoms with Crippen molar-refractivity contribution in [3.8, 4) is 11.5 Å². The zero-order chi connectivity index (χ0) is 17.7. The van der Waals surface area contributed by atoms with Crippen molar-refractivity contribution in [2.45, 2.75) is 6.92 Å². The fourth-order valence-electron chi connectivity index (χ4n) is 2.10. The van der Waals surface area contributed by atoms with E-state index in [1.54, 1.807) is 7.11 Å². The largest absolute Gasteiger partial charge is 0.495 e. The minimum Gasteiger partial charge on any atom is -0.495 e. The van der Waals surface area contributed by atoms with Crippen molar-refractivity contribution in [2.75, 3.05) is 24.9 Å². The van der Waals surface area contributed by atoms with Gasteiger partial charge >= 0.3 is 0 Å². The topological polar surface area (TPSA) is 85.7 Å². The fraction of sp³-hybridized carbons (Fsp3) is 0.188. The summed E-state index contributed by atoms with van der Waals surface area (Å²) in [5, 5.41) is 17.1. The molecule has 0 fully saturated rings. The number of nitrogens with zero attached hydrogens (tertiary/aromatic N) is 1. The minimum absolute atomic E-state index is 0.0609. The molecule has 2 aromatic rings. The smallest absolute Gasteiger partial charge is 0.271 e. The highest BCUT2D eigenvalue weighted by Crippen LogP contribution is 2.30. The van der Waals surface area contributed by atoms with Crippen molar-refractivity contribution in [1.29, 1.82) is 0 Å². The molecule has 126 valence electrons. The highest BCUT2D eigenvalue weighted by atomic mass is 32.1. The van der Waals surface area contributed by atoms with Crippen molar-refractivity contribution in [1.82, 2.24) is 0 Å². The van der Waals surface area contributed by atoms with Gasteiger partial charge in [-0.25, -0.2) is 0 Å². The van der Waals surface area contributed by atoms with Gasteiger partial charge in [-0.3, -0.25) is 10.1 Å². The predicted molar refractivity (Wildman–Crippen MR) is 97.2 cm³/mol. The second-order valence-electron chi connectivity index (χ2n) is 4.92. The van der Waals surface area contributed by atoms with Gasteiger partial charge in [0, 0.05) is 12.1 Å². The molecule has 7 nitrogen and oxygen atoms in total. The lowest BCUT2D eigenvalue weighted by Crippen LogP contribution is -2.20. The Bertz CT molecular complexity index is 780. The molecule has 0 saturated heterocycles. The summed E-state index contributed by atoms with van der Waals surface area (Å²) in [4.78, 5) is 10.4. The van der Waals surface area contributed by atoms with Crippen molar-refractivity contribution < 1.29 is 14.4 Å². The molecule has 0 spiro atoms. The first-order valence-electron chi connectivity index (χ1n) is 6.99. The average molecular weight is 347 g/mol. The van der Waals surface area contributed by atoms with Crippen LogP contribution in [0.1, 0.15) is 5.56 Å². The summed E-state index contributed by atoms with van der Waals surface area (Å²) in [5.41, 5.74) is 2.07. The average Bonchev–Trinajstić information content (AvgIpc) is 2.54. The van der Waals surface area contributed by atoms with Crippen LogP contribution < -0.4 is 20.1 Å². The van der Waals surface area contributed by atoms with Crippen LogP contribution in [0.15, 0.2) is 36.4 Å². The van der Waals surface area contributed by atoms with Crippen LogP contribution in [0.3, 0.4) is 0 Å². The van der Waals surface area contributed by atoms with Crippen molar-refractivity contribution in [3.05, 3.63) is 52.1 Å². The van der Waals surface area contributed by atoms with Crippen molar-refractivity contribution in [3.63, 3.8) is 0 Å². The minimum atomic E-state index is -0.481. The monoisotopic (exact) mass is 347 g/mol. The summed E-state index contributed by atoms with van der Waals surface area (Å²) in [5.74, 6) is 1.08. The van der Waals surface area contributed by atoms with Gasteiger partial charge in [-0.1, -0.05) is 6.07 Å². The molecule has 2 aromatic carbocycles. The number of thiocarbonyl (C=S) groups is 1. The van der Waals surface area contributed by atoms with Gasteiger partial charge in [-0.15, -0.1) is 0 Å². The molecule has 0 unspecified atom stereocenters. The van der Waals surface area contributed by atoms with Gasteiger partial charge in [0.2, 0.25) is 0 Å². The Morgan fingerprint density at radius 2 is 1.58 bits per heavy atom. The molecule has 0 aliphatic rings. The van der Waals surface area contributed by atoms with Gasteiger partial charge in [0.15, 0.2) is 5.11 Å². The number of nitro groups is 1. The molecule has 0 saturated carbocycles. The lowest BCUT2D eigenvalue weighted by atomic mass is 10.2. The Morgan fingerprint density at radius 3 is 2.12 bits per heavy atom. The number of aryl methyl sites for hydroxylation is 1. The van der Waals surface area contributed by atoms with E-state index >= 15 is 0 Å². The van der Waals surface area contributed by atoms with Crippen LogP contribution >= 0.6 is 12.2 Å². The van der Waals surface area contributed by atoms with Crippen LogP contribution in [0.25, 0.3) is 0 Å². The van der Waals surface area contributed by atoms with E-state index in [9.17, 15) is 10.1 Å². The Hall–Kier alpha value is -2.87. The second kappa shape index (κ2) is 7.60. The van der Waals surface area contributed by atoms with E-state index < -0.39 is 4.92 Å². The third kappa shape index (κ3) is 4.11. The van der Waals surface area contributed by atoms with E-state index in [0.717, 1.165) is 5.56 Å². The molecule has 0 heterocycles. The summed E-state index contributed by atoms with van der Waals surface area (Å²) in [7, 11) is 3.04. The van der Waals surface area contributed by atoms with Gasteiger partial charge in [0.05, 0.1) is 30.5 Å². The van der Waals surface area contributed by atoms with Gasteiger partial charge in [0.1, 0.15) is 11.5 Å². The first-order valence-corrected chi connectivity index (χ1v) is 7.40. The van der Waals surface area contributed by atoms with Gasteiger partial charge < -0.3 is 20.1 Å². The fourth-order valence-corrected chi connectivity index (χ4v) is 2.32. The van der Waals surface area contributed by atoms with Gasteiger partial charge in [-0.2, -0.15) is 0 Å². The van der Waals surface area contributed by atoms with E-state index in [0.29, 0.717) is 22.9 Å². The molecule has 0 amide bonds. The summed E-state index contributed by atoms with van der Waals surface area (Å²) < 4.78 is 10.5. The molecule has 2 N–H and O–H groups in total. The van der Waals surface area contributed by atoms with E-state index in [1.165, 1.54) is 25.3 Å². The maximum atomic E-state index is 10.9. The van der Waals surface area contributed by atoms with Crippen LogP contribution in [-0.2, 0) is 0 Å². The Morgan fingerprint density at radius 1 is 1.04 bits per heavy atom. The molecule has 0 aliphatic carbocycles. The summed E-state index contributed by atoms with van der Waals surface area (Å²) in [6.07, 6.45) is 0. The van der Waals surface area contributed by atoms with E-state index in [4.69, 9.17) is 21.7 Å². The molecule has 0 aliphatic heterocycles. The number of rotatable bonds is 5. The number of ether oxygens (including phenoxy) is 2. The number of methoxy groups -OCH3 is 2. The maximum absolute atomic E-state index is 10.9. The molecular weight excluding hydrogens is 330 g/mol. The number of anilines is 2. The Balaban J connectivity index is 2.22. The molecule has 2 rings (SSSR count). The third-order valence-electron chi connectivity index (χ3n) is 3.25. The van der Waals surface area contributed by atoms with Crippen LogP contribution in [0, 0.1) is 17.0 Å². The number of nitrogens with one attached hydrogen (secondary N) is 2. The summed E-state index contributed by atoms with van der Waals surface area (Å²) in [6, 6.07) is 9.87. The highest BCUT2D eigenvalue weighted by Gasteiger charge is 2.13. The Labute approximate surface area is 144 Å². The first kappa shape index (κ1) is 17.5. The molecule has 0 atom stereocenters. The van der Waals surface area contributed by atoms with Crippen molar-refractivity contribution in [2.24, 2.45) is 0 Å². The molecule has 8 heteroatoms. The van der Waals surface area contributed by atoms with Crippen molar-refractivity contribution >= 4 is 34.4 Å². The normalized spacial score (nSPS) is 9.96. The summed E-state index contributed by atoms with van der Waals surface area (Å²) in [6.45, 7) is 1.95. The second-order valence-corrected chi connectivity index (χ2v) is 5.33. The summed E-state index contributed by atoms with van der Waals surface area (Å²) >= 11 is 5.28. The van der Waals surface area contributed by atoms with E-state index in [-0.39, 0.29) is 10.8 Å². The Kier molecular flexibility index (Phi) is 5.54. The number of hydrogen-bond donors (Lipinski definition) is 2. The quantitative estimate of drug-likeness (QED) is 0.484. The molecule has 24 heavy (non-hydrogen) atoms. The van der Waals surface area contributed by atoms with E-state index in [2.05, 4.69) is 10.6 Å². The predicted octanol–water partition coefficient (Wildman–Crippen LogP) is 3.73. The number of benzene rings is 2. The van der Waals surface area contributed by atoms with Crippen LogP contribution in [0.2, 0.25) is 0 Å². The molecule has 0 aromatic heterocycles. The SMILES string of the molecule is COc1ccc(C)cc1NC(=S)Nc1cc([N+](=O)[O-])ccc1OC. The first-order chi connectivity index (χ1) is 11.4. The van der Waals surface area contributed by atoms with Gasteiger partial charge in [-0.05, 0) is 42.9 Å². The zero-order valence-corrected chi connectivity index (χ0v) is 14.3. The van der Waals surface area contributed by atoms with Crippen LogP contribution in [-0.4, -0.2) is 24.3 Å². The number of non-ortho nitro benzene ring substituents is 1. The molecule has 0 radical (unpaired) electrons. The third-order valence-corrected chi connectivity index (χ3v) is 3.45. The molecular formula is C16H17N3O4S. The maximum Gasteiger partial charge on any atom is 0.271 e. The van der Waals surface area contributed by atoms with Crippen LogP contribution in [0.4, 0.5) is 17.1 Å². The van der Waals surface area contributed by atoms with E-state index in [1.807, 2.05) is 25.1 Å². The van der Waals surface area contributed by atoms with Gasteiger partial charge in [0.25, 0.3) is 5.69 Å². The van der Waals surface area contributed by atoms with Crippen LogP contribution in [0.5, 0.6) is 11.5 Å². The lowest BCUT2D eigenvalue weighted by Gasteiger charge is -2.15.